The second-order valence-corrected chi connectivity index (χ2v) is 8.37. The SMILES string of the molecule is CCCCCCCCCCCCC1(Cl)CC=C(C(=O)O)S1. The van der Waals surface area contributed by atoms with Crippen molar-refractivity contribution < 1.29 is 9.90 Å². The first kappa shape index (κ1) is 18.9. The van der Waals surface area contributed by atoms with E-state index in [1.165, 1.54) is 69.5 Å². The number of carbonyl (C=O) groups is 1. The van der Waals surface area contributed by atoms with Crippen LogP contribution in [-0.2, 0) is 4.79 Å². The van der Waals surface area contributed by atoms with E-state index < -0.39 is 10.2 Å². The molecule has 0 amide bonds. The van der Waals surface area contributed by atoms with E-state index in [2.05, 4.69) is 6.92 Å². The highest BCUT2D eigenvalue weighted by Crippen LogP contribution is 2.48. The van der Waals surface area contributed by atoms with Gasteiger partial charge in [-0.3, -0.25) is 0 Å². The van der Waals surface area contributed by atoms with E-state index in [9.17, 15) is 4.79 Å². The van der Waals surface area contributed by atoms with Crippen LogP contribution in [0.2, 0.25) is 0 Å². The lowest BCUT2D eigenvalue weighted by atomic mass is 10.0. The van der Waals surface area contributed by atoms with Gasteiger partial charge in [-0.15, -0.1) is 11.6 Å². The molecule has 0 aromatic carbocycles. The molecule has 1 unspecified atom stereocenters. The summed E-state index contributed by atoms with van der Waals surface area (Å²) in [5.41, 5.74) is 0. The molecule has 1 aliphatic rings. The lowest BCUT2D eigenvalue weighted by molar-refractivity contribution is -0.131. The number of halogens is 1. The van der Waals surface area contributed by atoms with E-state index in [0.29, 0.717) is 11.3 Å². The third kappa shape index (κ3) is 8.15. The van der Waals surface area contributed by atoms with Gasteiger partial charge in [0.1, 0.15) is 0 Å². The first-order valence-corrected chi connectivity index (χ1v) is 9.58. The zero-order valence-electron chi connectivity index (χ0n) is 13.2. The molecule has 0 saturated carbocycles. The van der Waals surface area contributed by atoms with Gasteiger partial charge >= 0.3 is 5.97 Å². The van der Waals surface area contributed by atoms with Gasteiger partial charge in [-0.1, -0.05) is 89.0 Å². The third-order valence-corrected chi connectivity index (χ3v) is 5.87. The Morgan fingerprint density at radius 1 is 1.14 bits per heavy atom. The normalized spacial score (nSPS) is 21.5. The summed E-state index contributed by atoms with van der Waals surface area (Å²) in [5, 5.41) is 8.94. The molecule has 1 aliphatic heterocycles. The number of thioether (sulfide) groups is 1. The van der Waals surface area contributed by atoms with Crippen LogP contribution in [0.1, 0.15) is 84.0 Å². The predicted molar refractivity (Wildman–Crippen MR) is 93.0 cm³/mol. The molecule has 21 heavy (non-hydrogen) atoms. The molecule has 1 atom stereocenters. The summed E-state index contributed by atoms with van der Waals surface area (Å²) in [6.07, 6.45) is 16.5. The Kier molecular flexibility index (Phi) is 9.50. The number of hydrogen-bond donors (Lipinski definition) is 1. The van der Waals surface area contributed by atoms with Crippen molar-refractivity contribution in [2.24, 2.45) is 0 Å². The van der Waals surface area contributed by atoms with Crippen LogP contribution < -0.4 is 0 Å². The Morgan fingerprint density at radius 2 is 1.67 bits per heavy atom. The maximum absolute atomic E-state index is 10.9. The van der Waals surface area contributed by atoms with E-state index in [4.69, 9.17) is 16.7 Å². The number of carboxylic acids is 1. The zero-order valence-corrected chi connectivity index (χ0v) is 14.8. The van der Waals surface area contributed by atoms with Crippen LogP contribution in [0.3, 0.4) is 0 Å². The van der Waals surface area contributed by atoms with Crippen molar-refractivity contribution in [3.63, 3.8) is 0 Å². The van der Waals surface area contributed by atoms with Crippen molar-refractivity contribution in [2.75, 3.05) is 0 Å². The lowest BCUT2D eigenvalue weighted by Gasteiger charge is -2.20. The molecule has 0 aliphatic carbocycles. The summed E-state index contributed by atoms with van der Waals surface area (Å²) >= 11 is 7.80. The van der Waals surface area contributed by atoms with E-state index in [1.54, 1.807) is 6.08 Å². The van der Waals surface area contributed by atoms with Gasteiger partial charge in [0.05, 0.1) is 9.11 Å². The lowest BCUT2D eigenvalue weighted by Crippen LogP contribution is -2.12. The molecule has 0 aromatic rings. The van der Waals surface area contributed by atoms with Gasteiger partial charge in [0.25, 0.3) is 0 Å². The van der Waals surface area contributed by atoms with Crippen molar-refractivity contribution in [2.45, 2.75) is 88.2 Å². The van der Waals surface area contributed by atoms with Crippen molar-refractivity contribution in [3.8, 4) is 0 Å². The number of alkyl halides is 1. The third-order valence-electron chi connectivity index (χ3n) is 4.00. The molecule has 1 heterocycles. The maximum atomic E-state index is 10.9. The average Bonchev–Trinajstić information content (AvgIpc) is 2.84. The van der Waals surface area contributed by atoms with Gasteiger partial charge in [0, 0.05) is 0 Å². The minimum absolute atomic E-state index is 0.395. The molecule has 0 aromatic heterocycles. The second-order valence-electron chi connectivity index (χ2n) is 5.99. The molecule has 1 N–H and O–H groups in total. The Bertz CT molecular complexity index is 344. The fraction of sp³-hybridized carbons (Fsp3) is 0.824. The minimum atomic E-state index is -0.842. The highest BCUT2D eigenvalue weighted by Gasteiger charge is 2.35. The van der Waals surface area contributed by atoms with Crippen LogP contribution in [-0.4, -0.2) is 15.3 Å². The van der Waals surface area contributed by atoms with E-state index in [1.807, 2.05) is 0 Å². The average molecular weight is 333 g/mol. The van der Waals surface area contributed by atoms with Crippen LogP contribution in [0.5, 0.6) is 0 Å². The number of aliphatic carboxylic acids is 1. The molecule has 4 heteroatoms. The summed E-state index contributed by atoms with van der Waals surface area (Å²) in [5.74, 6) is -0.842. The number of unbranched alkanes of at least 4 members (excludes halogenated alkanes) is 9. The molecule has 0 spiro atoms. The fourth-order valence-electron chi connectivity index (χ4n) is 2.69. The highest BCUT2D eigenvalue weighted by atomic mass is 35.5. The standard InChI is InChI=1S/C17H29ClO2S/c1-2-3-4-5-6-7-8-9-10-11-13-17(18)14-12-15(21-17)16(19)20/h12H,2-11,13-14H2,1H3,(H,19,20). The molecular weight excluding hydrogens is 304 g/mol. The fourth-order valence-corrected chi connectivity index (χ4v) is 4.21. The largest absolute Gasteiger partial charge is 0.477 e. The molecule has 1 rings (SSSR count). The number of rotatable bonds is 12. The van der Waals surface area contributed by atoms with Crippen molar-refractivity contribution in [1.82, 2.24) is 0 Å². The van der Waals surface area contributed by atoms with Crippen LogP contribution in [0.15, 0.2) is 11.0 Å². The van der Waals surface area contributed by atoms with Crippen LogP contribution >= 0.6 is 23.4 Å². The van der Waals surface area contributed by atoms with E-state index in [0.717, 1.165) is 12.8 Å². The molecule has 122 valence electrons. The first-order valence-electron chi connectivity index (χ1n) is 8.39. The molecule has 0 fully saturated rings. The Balaban J connectivity index is 1.94. The molecular formula is C17H29ClO2S. The van der Waals surface area contributed by atoms with Crippen LogP contribution in [0.25, 0.3) is 0 Å². The van der Waals surface area contributed by atoms with E-state index in [-0.39, 0.29) is 0 Å². The Labute approximate surface area is 138 Å². The number of carboxylic acid groups (broad SMARTS) is 1. The summed E-state index contributed by atoms with van der Waals surface area (Å²) in [6, 6.07) is 0. The summed E-state index contributed by atoms with van der Waals surface area (Å²) in [6.45, 7) is 2.25. The van der Waals surface area contributed by atoms with Gasteiger partial charge in [-0.2, -0.15) is 0 Å². The van der Waals surface area contributed by atoms with E-state index >= 15 is 0 Å². The first-order chi connectivity index (χ1) is 10.1. The molecule has 2 nitrogen and oxygen atoms in total. The summed E-state index contributed by atoms with van der Waals surface area (Å²) in [7, 11) is 0. The number of allylic oxidation sites excluding steroid dienone is 1. The molecule has 0 saturated heterocycles. The van der Waals surface area contributed by atoms with Gasteiger partial charge < -0.3 is 5.11 Å². The quantitative estimate of drug-likeness (QED) is 0.335. The van der Waals surface area contributed by atoms with Crippen molar-refractivity contribution >= 4 is 29.3 Å². The second kappa shape index (κ2) is 10.6. The van der Waals surface area contributed by atoms with Gasteiger partial charge in [-0.25, -0.2) is 4.79 Å². The summed E-state index contributed by atoms with van der Waals surface area (Å²) in [4.78, 5) is 11.3. The minimum Gasteiger partial charge on any atom is -0.477 e. The Morgan fingerprint density at radius 3 is 2.14 bits per heavy atom. The monoisotopic (exact) mass is 332 g/mol. The summed E-state index contributed by atoms with van der Waals surface area (Å²) < 4.78 is -0.395. The van der Waals surface area contributed by atoms with Gasteiger partial charge in [0.15, 0.2) is 0 Å². The number of hydrogen-bond acceptors (Lipinski definition) is 2. The molecule has 0 radical (unpaired) electrons. The van der Waals surface area contributed by atoms with Crippen LogP contribution in [0.4, 0.5) is 0 Å². The van der Waals surface area contributed by atoms with Crippen molar-refractivity contribution in [1.29, 1.82) is 0 Å². The topological polar surface area (TPSA) is 37.3 Å². The highest BCUT2D eigenvalue weighted by molar-refractivity contribution is 8.06. The van der Waals surface area contributed by atoms with Gasteiger partial charge in [0.2, 0.25) is 0 Å². The van der Waals surface area contributed by atoms with Crippen LogP contribution in [0, 0.1) is 0 Å². The molecule has 0 bridgehead atoms. The smallest absolute Gasteiger partial charge is 0.341 e. The van der Waals surface area contributed by atoms with Crippen molar-refractivity contribution in [3.05, 3.63) is 11.0 Å². The maximum Gasteiger partial charge on any atom is 0.341 e. The Hall–Kier alpha value is -0.150. The zero-order chi connectivity index (χ0) is 15.6. The van der Waals surface area contributed by atoms with Gasteiger partial charge in [-0.05, 0) is 12.8 Å². The predicted octanol–water partition coefficient (Wildman–Crippen LogP) is 6.34.